The summed E-state index contributed by atoms with van der Waals surface area (Å²) in [4.78, 5) is 35.6. The summed E-state index contributed by atoms with van der Waals surface area (Å²) in [7, 11) is 0. The summed E-state index contributed by atoms with van der Waals surface area (Å²) >= 11 is 12.7. The number of anilines is 1. The lowest BCUT2D eigenvalue weighted by Crippen LogP contribution is -2.56. The van der Waals surface area contributed by atoms with Crippen LogP contribution in [-0.2, 0) is 15.0 Å². The highest BCUT2D eigenvalue weighted by molar-refractivity contribution is 6.31. The van der Waals surface area contributed by atoms with Crippen LogP contribution in [-0.4, -0.2) is 51.9 Å². The number of halogens is 3. The van der Waals surface area contributed by atoms with Gasteiger partial charge in [0, 0.05) is 54.3 Å². The number of hydrogen-bond acceptors (Lipinski definition) is 5. The first-order valence-corrected chi connectivity index (χ1v) is 17.1. The minimum atomic E-state index is -1.13. The molecule has 2 N–H and O–H groups in total. The second kappa shape index (κ2) is 11.0. The van der Waals surface area contributed by atoms with E-state index in [1.54, 1.807) is 18.2 Å². The molecule has 7 rings (SSSR count). The fourth-order valence-electron chi connectivity index (χ4n) is 9.84. The van der Waals surface area contributed by atoms with Crippen LogP contribution in [0.25, 0.3) is 0 Å². The van der Waals surface area contributed by atoms with Crippen LogP contribution in [0.4, 0.5) is 10.1 Å². The van der Waals surface area contributed by atoms with Gasteiger partial charge in [-0.2, -0.15) is 0 Å². The van der Waals surface area contributed by atoms with E-state index in [0.717, 1.165) is 70.0 Å². The van der Waals surface area contributed by atoms with E-state index in [-0.39, 0.29) is 34.3 Å². The molecule has 2 aromatic rings. The molecule has 4 fully saturated rings. The van der Waals surface area contributed by atoms with Crippen molar-refractivity contribution in [2.45, 2.75) is 102 Å². The predicted molar refractivity (Wildman–Crippen MR) is 169 cm³/mol. The number of ketones is 1. The number of nitrogens with one attached hydrogen (secondary N) is 1. The summed E-state index contributed by atoms with van der Waals surface area (Å²) in [6, 6.07) is 7.61. The molecule has 1 saturated heterocycles. The van der Waals surface area contributed by atoms with Crippen molar-refractivity contribution in [1.29, 1.82) is 0 Å². The fraction of sp³-hybridized carbons (Fsp3) is 0.629. The first-order chi connectivity index (χ1) is 20.9. The highest BCUT2D eigenvalue weighted by Crippen LogP contribution is 2.72. The number of amides is 1. The molecule has 5 aliphatic rings. The van der Waals surface area contributed by atoms with Gasteiger partial charge in [-0.15, -0.1) is 0 Å². The molecule has 236 valence electrons. The minimum Gasteiger partial charge on any atom is -0.390 e. The van der Waals surface area contributed by atoms with Crippen LogP contribution in [0.2, 0.25) is 10.2 Å². The van der Waals surface area contributed by atoms with Gasteiger partial charge in [0.25, 0.3) is 0 Å². The molecule has 6 nitrogen and oxygen atoms in total. The number of benzene rings is 1. The third-order valence-corrected chi connectivity index (χ3v) is 12.7. The first-order valence-electron chi connectivity index (χ1n) is 16.3. The van der Waals surface area contributed by atoms with Crippen molar-refractivity contribution in [3.05, 3.63) is 57.6 Å². The van der Waals surface area contributed by atoms with Gasteiger partial charge in [0.15, 0.2) is 11.0 Å². The number of aliphatic hydroxyl groups excluding tert-OH is 1. The third-order valence-electron chi connectivity index (χ3n) is 12.2. The highest BCUT2D eigenvalue weighted by Gasteiger charge is 2.72. The Morgan fingerprint density at radius 2 is 1.80 bits per heavy atom. The Bertz CT molecular complexity index is 1480. The molecule has 3 heterocycles. The smallest absolute Gasteiger partial charge is 0.236 e. The summed E-state index contributed by atoms with van der Waals surface area (Å²) in [5.74, 6) is -1.66. The standard InChI is InChI=1S/C35H42Cl2FN3O3/c1-33(2)10-12-34(13-11-33)17-25(28(43)15-20-3-6-22(7-4-20)41-18-23(42)19-41)29(24-9-14-39-31(37)30(24)38)35(34)26-8-5-21(36)16-27(26)40-32(35)44/h5,8-9,14,16,20,22-23,25,29,42H,3-4,6-7,10-13,15,17-19H2,1-2H3,(H,40,44)/t20?,22?,25-,29-,35+/m0/s1. The minimum absolute atomic E-state index is 0.123. The molecule has 0 radical (unpaired) electrons. The van der Waals surface area contributed by atoms with E-state index in [0.29, 0.717) is 35.2 Å². The van der Waals surface area contributed by atoms with Gasteiger partial charge in [-0.1, -0.05) is 43.1 Å². The Balaban J connectivity index is 1.29. The van der Waals surface area contributed by atoms with Crippen LogP contribution in [0.1, 0.15) is 95.1 Å². The molecule has 9 heteroatoms. The molecule has 0 unspecified atom stereocenters. The van der Waals surface area contributed by atoms with Crippen molar-refractivity contribution >= 4 is 40.6 Å². The van der Waals surface area contributed by atoms with Crippen LogP contribution in [0.3, 0.4) is 0 Å². The van der Waals surface area contributed by atoms with Crippen molar-refractivity contribution < 1.29 is 19.1 Å². The summed E-state index contributed by atoms with van der Waals surface area (Å²) in [5.41, 5.74) is 0.248. The molecule has 2 aliphatic heterocycles. The average molecular weight is 643 g/mol. The maximum atomic E-state index is 16.1. The molecule has 1 aromatic carbocycles. The van der Waals surface area contributed by atoms with Crippen molar-refractivity contribution in [1.82, 2.24) is 9.88 Å². The molecular formula is C35H42Cl2FN3O3. The maximum absolute atomic E-state index is 16.1. The maximum Gasteiger partial charge on any atom is 0.236 e. The fourth-order valence-corrected chi connectivity index (χ4v) is 10.2. The number of pyridine rings is 1. The van der Waals surface area contributed by atoms with Crippen LogP contribution in [0, 0.1) is 28.5 Å². The lowest BCUT2D eigenvalue weighted by atomic mass is 9.51. The Morgan fingerprint density at radius 3 is 2.48 bits per heavy atom. The zero-order valence-electron chi connectivity index (χ0n) is 25.6. The van der Waals surface area contributed by atoms with Crippen molar-refractivity contribution in [2.75, 3.05) is 18.4 Å². The normalized spacial score (nSPS) is 32.9. The number of carbonyl (C=O) groups is 2. The summed E-state index contributed by atoms with van der Waals surface area (Å²) in [6.07, 6.45) is 9.63. The summed E-state index contributed by atoms with van der Waals surface area (Å²) < 4.78 is 16.1. The number of hydrogen-bond donors (Lipinski definition) is 2. The zero-order valence-corrected chi connectivity index (χ0v) is 27.1. The number of Topliss-reactive ketones (excluding diaryl/α,β-unsaturated/α-hetero) is 1. The van der Waals surface area contributed by atoms with Gasteiger partial charge < -0.3 is 10.4 Å². The number of aliphatic hydroxyl groups is 1. The van der Waals surface area contributed by atoms with E-state index in [2.05, 4.69) is 29.0 Å². The molecule has 0 bridgehead atoms. The van der Waals surface area contributed by atoms with Gasteiger partial charge in [-0.3, -0.25) is 14.5 Å². The quantitative estimate of drug-likeness (QED) is 0.335. The van der Waals surface area contributed by atoms with Gasteiger partial charge in [-0.05, 0) is 104 Å². The van der Waals surface area contributed by atoms with E-state index in [9.17, 15) is 14.7 Å². The van der Waals surface area contributed by atoms with Crippen LogP contribution < -0.4 is 5.32 Å². The Labute approximate surface area is 269 Å². The van der Waals surface area contributed by atoms with E-state index in [1.807, 2.05) is 6.07 Å². The number of β-amino-alcohol motifs (C(OH)–C–C–N with tert-alkyl or cyclic N) is 1. The molecular weight excluding hydrogens is 600 g/mol. The molecule has 1 aromatic heterocycles. The Hall–Kier alpha value is -2.06. The third kappa shape index (κ3) is 4.75. The summed E-state index contributed by atoms with van der Waals surface area (Å²) in [5, 5.41) is 13.2. The Kier molecular flexibility index (Phi) is 7.67. The highest BCUT2D eigenvalue weighted by atomic mass is 35.5. The first kappa shape index (κ1) is 30.6. The number of carbonyl (C=O) groups excluding carboxylic acids is 2. The monoisotopic (exact) mass is 641 g/mol. The number of aromatic nitrogens is 1. The second-order valence-electron chi connectivity index (χ2n) is 15.1. The SMILES string of the molecule is CC1(C)CCC2(CC1)C[C@@H](C(=O)CC1CCC(N3CC(O)C3)CC1)[C@H](c1ccnc(Cl)c1F)[C@]21C(=O)Nc2cc(Cl)ccc21. The number of fused-ring (bicyclic) bond motifs is 3. The van der Waals surface area contributed by atoms with Gasteiger partial charge >= 0.3 is 0 Å². The van der Waals surface area contributed by atoms with Crippen LogP contribution >= 0.6 is 23.2 Å². The average Bonchev–Trinajstić information content (AvgIpc) is 3.43. The molecule has 3 saturated carbocycles. The largest absolute Gasteiger partial charge is 0.390 e. The molecule has 44 heavy (non-hydrogen) atoms. The predicted octanol–water partition coefficient (Wildman–Crippen LogP) is 7.30. The molecule has 1 amide bonds. The topological polar surface area (TPSA) is 82.5 Å². The van der Waals surface area contributed by atoms with E-state index in [1.165, 1.54) is 6.20 Å². The Morgan fingerprint density at radius 1 is 1.09 bits per heavy atom. The van der Waals surface area contributed by atoms with Crippen molar-refractivity contribution in [2.24, 2.45) is 22.7 Å². The van der Waals surface area contributed by atoms with E-state index in [4.69, 9.17) is 23.2 Å². The second-order valence-corrected chi connectivity index (χ2v) is 15.9. The molecule has 2 spiro atoms. The molecule has 3 aliphatic carbocycles. The zero-order chi connectivity index (χ0) is 31.0. The van der Waals surface area contributed by atoms with E-state index < -0.39 is 28.5 Å². The van der Waals surface area contributed by atoms with Crippen molar-refractivity contribution in [3.8, 4) is 0 Å². The van der Waals surface area contributed by atoms with Gasteiger partial charge in [-0.25, -0.2) is 9.37 Å². The van der Waals surface area contributed by atoms with Crippen LogP contribution in [0.15, 0.2) is 30.5 Å². The van der Waals surface area contributed by atoms with Gasteiger partial charge in [0.2, 0.25) is 5.91 Å². The van der Waals surface area contributed by atoms with Gasteiger partial charge in [0.05, 0.1) is 11.5 Å². The lowest BCUT2D eigenvalue weighted by Gasteiger charge is -2.51. The van der Waals surface area contributed by atoms with Gasteiger partial charge in [0.1, 0.15) is 5.78 Å². The van der Waals surface area contributed by atoms with Crippen molar-refractivity contribution in [3.63, 3.8) is 0 Å². The molecule has 3 atom stereocenters. The van der Waals surface area contributed by atoms with Crippen LogP contribution in [0.5, 0.6) is 0 Å². The number of likely N-dealkylation sites (tertiary alicyclic amines) is 1. The lowest BCUT2D eigenvalue weighted by molar-refractivity contribution is -0.127. The summed E-state index contributed by atoms with van der Waals surface area (Å²) in [6.45, 7) is 6.02. The number of nitrogens with zero attached hydrogens (tertiary/aromatic N) is 2. The number of rotatable bonds is 5. The van der Waals surface area contributed by atoms with E-state index >= 15 is 4.39 Å².